The van der Waals surface area contributed by atoms with Crippen molar-refractivity contribution in [3.8, 4) is 11.4 Å². The van der Waals surface area contributed by atoms with Crippen LogP contribution in [0.15, 0.2) is 30.3 Å². The van der Waals surface area contributed by atoms with Crippen molar-refractivity contribution in [3.05, 3.63) is 35.6 Å². The number of halogens is 1. The number of hydrogen-bond donors (Lipinski definition) is 0. The highest BCUT2D eigenvalue weighted by Crippen LogP contribution is 2.22. The highest BCUT2D eigenvalue weighted by atomic mass is 35.5. The Hall–Kier alpha value is -1.39. The van der Waals surface area contributed by atoms with E-state index in [1.54, 1.807) is 0 Å². The molecule has 1 aliphatic carbocycles. The van der Waals surface area contributed by atoms with Crippen LogP contribution in [0.5, 0.6) is 0 Å². The van der Waals surface area contributed by atoms with E-state index in [0.717, 1.165) is 11.4 Å². The van der Waals surface area contributed by atoms with Crippen LogP contribution in [0.2, 0.25) is 5.28 Å². The third-order valence-electron chi connectivity index (χ3n) is 3.96. The van der Waals surface area contributed by atoms with E-state index in [0.29, 0.717) is 24.5 Å². The molecule has 21 heavy (non-hydrogen) atoms. The van der Waals surface area contributed by atoms with Crippen LogP contribution in [0.1, 0.15) is 32.1 Å². The molecular formula is C16H20ClN3O. The molecule has 1 aromatic carbocycles. The maximum atomic E-state index is 6.15. The minimum atomic E-state index is 0.411. The van der Waals surface area contributed by atoms with Gasteiger partial charge in [-0.15, -0.1) is 10.2 Å². The van der Waals surface area contributed by atoms with Crippen molar-refractivity contribution >= 4 is 11.6 Å². The molecule has 0 unspecified atom stereocenters. The van der Waals surface area contributed by atoms with Crippen molar-refractivity contribution in [1.82, 2.24) is 14.8 Å². The number of aromatic nitrogens is 3. The minimum Gasteiger partial charge on any atom is -0.376 e. The lowest BCUT2D eigenvalue weighted by Crippen LogP contribution is -2.19. The Morgan fingerprint density at radius 1 is 1.10 bits per heavy atom. The first-order valence-corrected chi connectivity index (χ1v) is 7.98. The second-order valence-corrected chi connectivity index (χ2v) is 5.78. The van der Waals surface area contributed by atoms with E-state index in [9.17, 15) is 0 Å². The second kappa shape index (κ2) is 7.05. The molecule has 1 heterocycles. The van der Waals surface area contributed by atoms with Crippen LogP contribution >= 0.6 is 11.6 Å². The number of nitrogens with zero attached hydrogens (tertiary/aromatic N) is 3. The first-order chi connectivity index (χ1) is 10.3. The summed E-state index contributed by atoms with van der Waals surface area (Å²) in [5.41, 5.74) is 1.02. The number of rotatable bonds is 5. The zero-order valence-corrected chi connectivity index (χ0v) is 12.8. The van der Waals surface area contributed by atoms with Gasteiger partial charge in [0.15, 0.2) is 5.82 Å². The van der Waals surface area contributed by atoms with Crippen LogP contribution < -0.4 is 0 Å². The van der Waals surface area contributed by atoms with Gasteiger partial charge in [-0.2, -0.15) is 0 Å². The maximum absolute atomic E-state index is 6.15. The van der Waals surface area contributed by atoms with Gasteiger partial charge < -0.3 is 4.74 Å². The topological polar surface area (TPSA) is 39.9 Å². The molecule has 0 saturated heterocycles. The normalized spacial score (nSPS) is 16.2. The van der Waals surface area contributed by atoms with Crippen LogP contribution in [-0.4, -0.2) is 27.5 Å². The Balaban J connectivity index is 1.64. The van der Waals surface area contributed by atoms with E-state index >= 15 is 0 Å². The lowest BCUT2D eigenvalue weighted by molar-refractivity contribution is 0.0242. The van der Waals surface area contributed by atoms with Crippen molar-refractivity contribution in [2.75, 3.05) is 6.61 Å². The first kappa shape index (κ1) is 14.5. The summed E-state index contributed by atoms with van der Waals surface area (Å²) < 4.78 is 7.88. The highest BCUT2D eigenvalue weighted by Gasteiger charge is 2.15. The van der Waals surface area contributed by atoms with E-state index in [1.165, 1.54) is 32.1 Å². The molecule has 112 valence electrons. The van der Waals surface area contributed by atoms with Gasteiger partial charge in [0.05, 0.1) is 19.3 Å². The molecule has 0 aliphatic heterocycles. The van der Waals surface area contributed by atoms with Crippen molar-refractivity contribution in [2.24, 2.45) is 0 Å². The molecule has 0 atom stereocenters. The van der Waals surface area contributed by atoms with Gasteiger partial charge in [-0.25, -0.2) is 0 Å². The second-order valence-electron chi connectivity index (χ2n) is 5.44. The quantitative estimate of drug-likeness (QED) is 0.840. The van der Waals surface area contributed by atoms with E-state index in [1.807, 2.05) is 34.9 Å². The fraction of sp³-hybridized carbons (Fsp3) is 0.500. The smallest absolute Gasteiger partial charge is 0.225 e. The molecule has 4 nitrogen and oxygen atoms in total. The lowest BCUT2D eigenvalue weighted by atomic mass is 9.98. The number of benzene rings is 1. The summed E-state index contributed by atoms with van der Waals surface area (Å²) in [5, 5.41) is 8.58. The van der Waals surface area contributed by atoms with Gasteiger partial charge in [0, 0.05) is 5.56 Å². The SMILES string of the molecule is Clc1nnc(-c2ccccc2)n1CCOC1CCCCC1. The number of ether oxygens (including phenoxy) is 1. The molecule has 3 rings (SSSR count). The third kappa shape index (κ3) is 3.63. The van der Waals surface area contributed by atoms with E-state index < -0.39 is 0 Å². The van der Waals surface area contributed by atoms with Gasteiger partial charge in [0.25, 0.3) is 0 Å². The maximum Gasteiger partial charge on any atom is 0.225 e. The molecule has 0 amide bonds. The van der Waals surface area contributed by atoms with Crippen molar-refractivity contribution in [2.45, 2.75) is 44.8 Å². The fourth-order valence-corrected chi connectivity index (χ4v) is 3.03. The van der Waals surface area contributed by atoms with Gasteiger partial charge in [0.1, 0.15) is 0 Å². The largest absolute Gasteiger partial charge is 0.376 e. The average Bonchev–Trinajstić information content (AvgIpc) is 2.91. The van der Waals surface area contributed by atoms with E-state index in [4.69, 9.17) is 16.3 Å². The van der Waals surface area contributed by atoms with Crippen LogP contribution in [0.25, 0.3) is 11.4 Å². The van der Waals surface area contributed by atoms with Crippen molar-refractivity contribution in [1.29, 1.82) is 0 Å². The monoisotopic (exact) mass is 305 g/mol. The Kier molecular flexibility index (Phi) is 4.88. The summed E-state index contributed by atoms with van der Waals surface area (Å²) in [6.07, 6.45) is 6.69. The zero-order chi connectivity index (χ0) is 14.5. The lowest BCUT2D eigenvalue weighted by Gasteiger charge is -2.22. The number of hydrogen-bond acceptors (Lipinski definition) is 3. The molecule has 1 saturated carbocycles. The Morgan fingerprint density at radius 3 is 2.62 bits per heavy atom. The molecule has 5 heteroatoms. The third-order valence-corrected chi connectivity index (χ3v) is 4.24. The molecule has 1 aliphatic rings. The zero-order valence-electron chi connectivity index (χ0n) is 12.0. The summed E-state index contributed by atoms with van der Waals surface area (Å²) in [7, 11) is 0. The van der Waals surface area contributed by atoms with Crippen LogP contribution in [0, 0.1) is 0 Å². The summed E-state index contributed by atoms with van der Waals surface area (Å²) in [4.78, 5) is 0. The highest BCUT2D eigenvalue weighted by molar-refractivity contribution is 6.28. The van der Waals surface area contributed by atoms with Crippen molar-refractivity contribution < 1.29 is 4.74 Å². The predicted molar refractivity (Wildman–Crippen MR) is 83.3 cm³/mol. The molecule has 2 aromatic rings. The van der Waals surface area contributed by atoms with Crippen LogP contribution in [0.3, 0.4) is 0 Å². The van der Waals surface area contributed by atoms with Gasteiger partial charge in [-0.05, 0) is 24.4 Å². The van der Waals surface area contributed by atoms with E-state index in [-0.39, 0.29) is 0 Å². The minimum absolute atomic E-state index is 0.411. The van der Waals surface area contributed by atoms with Crippen LogP contribution in [0.4, 0.5) is 0 Å². The fourth-order valence-electron chi connectivity index (χ4n) is 2.83. The average molecular weight is 306 g/mol. The molecule has 0 radical (unpaired) electrons. The van der Waals surface area contributed by atoms with Gasteiger partial charge in [0.2, 0.25) is 5.28 Å². The van der Waals surface area contributed by atoms with Gasteiger partial charge >= 0.3 is 0 Å². The van der Waals surface area contributed by atoms with Crippen LogP contribution in [-0.2, 0) is 11.3 Å². The Morgan fingerprint density at radius 2 is 1.86 bits per heavy atom. The van der Waals surface area contributed by atoms with Crippen molar-refractivity contribution in [3.63, 3.8) is 0 Å². The summed E-state index contributed by atoms with van der Waals surface area (Å²) in [5.74, 6) is 0.799. The molecule has 1 aromatic heterocycles. The Bertz CT molecular complexity index is 564. The molecular weight excluding hydrogens is 286 g/mol. The molecule has 1 fully saturated rings. The predicted octanol–water partition coefficient (Wildman–Crippen LogP) is 3.95. The first-order valence-electron chi connectivity index (χ1n) is 7.60. The Labute approximate surface area is 130 Å². The van der Waals surface area contributed by atoms with E-state index in [2.05, 4.69) is 10.2 Å². The standard InChI is InChI=1S/C16H20ClN3O/c17-16-19-18-15(13-7-3-1-4-8-13)20(16)11-12-21-14-9-5-2-6-10-14/h1,3-4,7-8,14H,2,5-6,9-12H2. The molecule has 0 bridgehead atoms. The molecule has 0 N–H and O–H groups in total. The molecule has 0 spiro atoms. The summed E-state index contributed by atoms with van der Waals surface area (Å²) in [6, 6.07) is 9.98. The summed E-state index contributed by atoms with van der Waals surface area (Å²) in [6.45, 7) is 1.34. The van der Waals surface area contributed by atoms with Gasteiger partial charge in [-0.3, -0.25) is 4.57 Å². The summed E-state index contributed by atoms with van der Waals surface area (Å²) >= 11 is 6.15. The van der Waals surface area contributed by atoms with Gasteiger partial charge in [-0.1, -0.05) is 49.6 Å².